The number of hydrogen-bond donors (Lipinski definition) is 6. The molecule has 0 saturated carbocycles. The van der Waals surface area contributed by atoms with Gasteiger partial charge in [-0.25, -0.2) is 4.79 Å². The van der Waals surface area contributed by atoms with Crippen LogP contribution in [0.1, 0.15) is 5.56 Å². The second kappa shape index (κ2) is 9.41. The lowest BCUT2D eigenvalue weighted by Gasteiger charge is -2.39. The first-order valence-electron chi connectivity index (χ1n) is 9.22. The summed E-state index contributed by atoms with van der Waals surface area (Å²) in [5.41, 5.74) is -0.400. The number of fused-ring (bicyclic) bond motifs is 1. The number of rotatable bonds is 7. The van der Waals surface area contributed by atoms with Gasteiger partial charge in [-0.15, -0.1) is 0 Å². The average Bonchev–Trinajstić information content (AvgIpc) is 2.72. The van der Waals surface area contributed by atoms with Crippen LogP contribution in [-0.4, -0.2) is 81.3 Å². The van der Waals surface area contributed by atoms with Crippen LogP contribution >= 0.6 is 0 Å². The van der Waals surface area contributed by atoms with Gasteiger partial charge in [-0.2, -0.15) is 0 Å². The van der Waals surface area contributed by atoms with Crippen LogP contribution in [0.4, 0.5) is 0 Å². The molecule has 5 atom stereocenters. The summed E-state index contributed by atoms with van der Waals surface area (Å²) in [6, 6.07) is 5.33. The summed E-state index contributed by atoms with van der Waals surface area (Å²) in [6.45, 7) is -1.18. The number of carboxylic acids is 1. The molecule has 1 aromatic carbocycles. The minimum Gasteiger partial charge on any atom is -0.480 e. The Bertz CT molecular complexity index is 1020. The van der Waals surface area contributed by atoms with E-state index in [2.05, 4.69) is 5.32 Å². The van der Waals surface area contributed by atoms with Crippen LogP contribution in [-0.2, 0) is 20.7 Å². The zero-order valence-corrected chi connectivity index (χ0v) is 16.0. The number of carbonyl (C=O) groups is 2. The highest BCUT2D eigenvalue weighted by Crippen LogP contribution is 2.27. The molecule has 6 N–H and O–H groups in total. The summed E-state index contributed by atoms with van der Waals surface area (Å²) in [7, 11) is 0. The molecule has 2 heterocycles. The van der Waals surface area contributed by atoms with E-state index in [-0.39, 0.29) is 17.8 Å². The van der Waals surface area contributed by atoms with E-state index in [9.17, 15) is 34.8 Å². The third-order valence-electron chi connectivity index (χ3n) is 4.69. The van der Waals surface area contributed by atoms with Crippen LogP contribution < -0.4 is 15.7 Å². The Hall–Kier alpha value is -3.03. The summed E-state index contributed by atoms with van der Waals surface area (Å²) in [4.78, 5) is 34.4. The van der Waals surface area contributed by atoms with Gasteiger partial charge in [-0.3, -0.25) is 9.59 Å². The predicted molar refractivity (Wildman–Crippen MR) is 101 cm³/mol. The zero-order valence-electron chi connectivity index (χ0n) is 16.0. The molecule has 0 aliphatic carbocycles. The Morgan fingerprint density at radius 2 is 1.84 bits per heavy atom. The molecule has 0 spiro atoms. The van der Waals surface area contributed by atoms with E-state index in [1.54, 1.807) is 0 Å². The first-order valence-corrected chi connectivity index (χ1v) is 9.22. The van der Waals surface area contributed by atoms with Gasteiger partial charge in [0, 0.05) is 17.5 Å². The van der Waals surface area contributed by atoms with E-state index >= 15 is 0 Å². The van der Waals surface area contributed by atoms with E-state index in [0.29, 0.717) is 10.9 Å². The van der Waals surface area contributed by atoms with Crippen LogP contribution in [0.3, 0.4) is 0 Å². The summed E-state index contributed by atoms with van der Waals surface area (Å²) < 4.78 is 15.9. The van der Waals surface area contributed by atoms with Crippen molar-refractivity contribution in [2.24, 2.45) is 0 Å². The molecular weight excluding hydrogens is 418 g/mol. The number of aliphatic hydroxyl groups is 4. The van der Waals surface area contributed by atoms with E-state index < -0.39 is 61.4 Å². The molecule has 168 valence electrons. The molecule has 12 nitrogen and oxygen atoms in total. The highest BCUT2D eigenvalue weighted by Gasteiger charge is 2.44. The summed E-state index contributed by atoms with van der Waals surface area (Å²) in [5, 5.41) is 50.2. The van der Waals surface area contributed by atoms with Gasteiger partial charge in [0.2, 0.25) is 12.2 Å². The van der Waals surface area contributed by atoms with E-state index in [1.165, 1.54) is 18.2 Å². The van der Waals surface area contributed by atoms with Crippen molar-refractivity contribution in [3.63, 3.8) is 0 Å². The molecule has 12 heteroatoms. The minimum atomic E-state index is -1.62. The van der Waals surface area contributed by atoms with Crippen molar-refractivity contribution in [1.29, 1.82) is 0 Å². The zero-order chi connectivity index (χ0) is 22.7. The Balaban J connectivity index is 1.82. The Labute approximate surface area is 174 Å². The Morgan fingerprint density at radius 3 is 2.52 bits per heavy atom. The van der Waals surface area contributed by atoms with Crippen molar-refractivity contribution in [3.8, 4) is 5.75 Å². The number of carbonyl (C=O) groups excluding carboxylic acids is 1. The summed E-state index contributed by atoms with van der Waals surface area (Å²) >= 11 is 0. The molecule has 0 radical (unpaired) electrons. The number of nitrogens with one attached hydrogen (secondary N) is 1. The van der Waals surface area contributed by atoms with Crippen molar-refractivity contribution in [3.05, 3.63) is 40.2 Å². The third-order valence-corrected chi connectivity index (χ3v) is 4.69. The van der Waals surface area contributed by atoms with Gasteiger partial charge in [-0.05, 0) is 17.7 Å². The van der Waals surface area contributed by atoms with Gasteiger partial charge in [0.1, 0.15) is 42.3 Å². The minimum absolute atomic E-state index is 0.0515. The summed E-state index contributed by atoms with van der Waals surface area (Å²) in [5.74, 6) is -1.73. The average molecular weight is 439 g/mol. The van der Waals surface area contributed by atoms with Gasteiger partial charge in [-0.1, -0.05) is 0 Å². The topological polar surface area (TPSA) is 196 Å². The second-order valence-electron chi connectivity index (χ2n) is 6.91. The summed E-state index contributed by atoms with van der Waals surface area (Å²) in [6.07, 6.45) is -7.62. The third kappa shape index (κ3) is 5.18. The lowest BCUT2D eigenvalue weighted by atomic mass is 9.99. The van der Waals surface area contributed by atoms with Gasteiger partial charge < -0.3 is 44.7 Å². The van der Waals surface area contributed by atoms with Crippen molar-refractivity contribution >= 4 is 22.8 Å². The molecule has 0 unspecified atom stereocenters. The number of benzene rings is 1. The highest BCUT2D eigenvalue weighted by molar-refractivity contribution is 5.88. The number of carboxylic acid groups (broad SMARTS) is 1. The molecule has 1 aromatic heterocycles. The number of aliphatic carboxylic acids is 1. The fourth-order valence-corrected chi connectivity index (χ4v) is 3.14. The first-order chi connectivity index (χ1) is 14.7. The molecule has 1 aliphatic heterocycles. The van der Waals surface area contributed by atoms with Crippen molar-refractivity contribution < 1.29 is 49.0 Å². The van der Waals surface area contributed by atoms with Crippen LogP contribution in [0.15, 0.2) is 33.5 Å². The molecule has 1 saturated heterocycles. The van der Waals surface area contributed by atoms with Gasteiger partial charge in [0.25, 0.3) is 0 Å². The molecule has 3 rings (SSSR count). The van der Waals surface area contributed by atoms with E-state index in [4.69, 9.17) is 19.0 Å². The van der Waals surface area contributed by atoms with Gasteiger partial charge in [0.05, 0.1) is 13.0 Å². The van der Waals surface area contributed by atoms with Crippen molar-refractivity contribution in [2.75, 3.05) is 13.2 Å². The lowest BCUT2D eigenvalue weighted by molar-refractivity contribution is -0.277. The fraction of sp³-hybridized carbons (Fsp3) is 0.421. The molecule has 1 aliphatic rings. The standard InChI is InChI=1S/C19H21NO11/c21-7-12-16(26)17(27)18(28)19(31-12)29-9-1-2-10-8(3-13(22)20-6-14(23)24)4-15(25)30-11(10)5-9/h1-2,4-5,12,16-19,21,26-28H,3,6-7H2,(H,20,22)(H,23,24)/t12-,16+,17+,18-,19-/m1/s1. The Kier molecular flexibility index (Phi) is 6.87. The monoisotopic (exact) mass is 439 g/mol. The quantitative estimate of drug-likeness (QED) is 0.254. The predicted octanol–water partition coefficient (Wildman–Crippen LogP) is -2.28. The maximum absolute atomic E-state index is 11.9. The van der Waals surface area contributed by atoms with Gasteiger partial charge in [0.15, 0.2) is 0 Å². The molecule has 1 amide bonds. The van der Waals surface area contributed by atoms with Crippen LogP contribution in [0.25, 0.3) is 11.0 Å². The number of hydrogen-bond acceptors (Lipinski definition) is 10. The fourth-order valence-electron chi connectivity index (χ4n) is 3.14. The van der Waals surface area contributed by atoms with Crippen LogP contribution in [0.2, 0.25) is 0 Å². The van der Waals surface area contributed by atoms with E-state index in [0.717, 1.165) is 6.07 Å². The van der Waals surface area contributed by atoms with Crippen LogP contribution in [0, 0.1) is 0 Å². The smallest absolute Gasteiger partial charge is 0.336 e. The number of ether oxygens (including phenoxy) is 2. The van der Waals surface area contributed by atoms with Crippen molar-refractivity contribution in [2.45, 2.75) is 37.1 Å². The largest absolute Gasteiger partial charge is 0.480 e. The SMILES string of the molecule is O=C(O)CNC(=O)Cc1cc(=O)oc2cc(O[C@@H]3O[C@H](CO)[C@H](O)[C@H](O)[C@H]3O)ccc12. The normalized spacial score (nSPS) is 25.9. The van der Waals surface area contributed by atoms with Gasteiger partial charge >= 0.3 is 11.6 Å². The molecule has 31 heavy (non-hydrogen) atoms. The number of amides is 1. The number of aliphatic hydroxyl groups excluding tert-OH is 4. The lowest BCUT2D eigenvalue weighted by Crippen LogP contribution is -2.60. The molecule has 0 bridgehead atoms. The first kappa shape index (κ1) is 22.7. The molecule has 1 fully saturated rings. The second-order valence-corrected chi connectivity index (χ2v) is 6.91. The maximum Gasteiger partial charge on any atom is 0.336 e. The molecular formula is C19H21NO11. The maximum atomic E-state index is 11.9. The van der Waals surface area contributed by atoms with E-state index in [1.807, 2.05) is 0 Å². The molecule has 2 aromatic rings. The van der Waals surface area contributed by atoms with Crippen molar-refractivity contribution in [1.82, 2.24) is 5.32 Å². The highest BCUT2D eigenvalue weighted by atomic mass is 16.7. The Morgan fingerprint density at radius 1 is 1.10 bits per heavy atom. The van der Waals surface area contributed by atoms with Crippen LogP contribution in [0.5, 0.6) is 5.75 Å².